The highest BCUT2D eigenvalue weighted by molar-refractivity contribution is 5.81. The molecular weight excluding hydrogens is 252 g/mol. The molecule has 0 spiro atoms. The van der Waals surface area contributed by atoms with Crippen LogP contribution in [0.15, 0.2) is 47.6 Å². The Balaban J connectivity index is 2.10. The van der Waals surface area contributed by atoms with Crippen LogP contribution in [0, 0.1) is 6.92 Å². The number of nitrogens with one attached hydrogen (secondary N) is 1. The lowest BCUT2D eigenvalue weighted by Gasteiger charge is -2.07. The zero-order chi connectivity index (χ0) is 14.4. The summed E-state index contributed by atoms with van der Waals surface area (Å²) in [6, 6.07) is 13.6. The molecule has 0 fully saturated rings. The van der Waals surface area contributed by atoms with E-state index in [4.69, 9.17) is 9.47 Å². The number of hydrogen-bond acceptors (Lipinski definition) is 4. The highest BCUT2D eigenvalue weighted by atomic mass is 16.5. The molecule has 4 heteroatoms. The third kappa shape index (κ3) is 3.29. The fourth-order valence-corrected chi connectivity index (χ4v) is 1.81. The molecule has 104 valence electrons. The van der Waals surface area contributed by atoms with Crippen LogP contribution < -0.4 is 14.9 Å². The maximum Gasteiger partial charge on any atom is 0.161 e. The molecule has 0 aliphatic rings. The molecule has 0 amide bonds. The van der Waals surface area contributed by atoms with Crippen molar-refractivity contribution in [2.24, 2.45) is 5.10 Å². The van der Waals surface area contributed by atoms with Crippen LogP contribution in [0.4, 0.5) is 5.69 Å². The second-order valence-corrected chi connectivity index (χ2v) is 4.30. The third-order valence-corrected chi connectivity index (χ3v) is 2.95. The highest BCUT2D eigenvalue weighted by Gasteiger charge is 2.02. The number of ether oxygens (including phenoxy) is 2. The topological polar surface area (TPSA) is 42.8 Å². The van der Waals surface area contributed by atoms with Gasteiger partial charge in [-0.2, -0.15) is 5.10 Å². The van der Waals surface area contributed by atoms with Crippen LogP contribution in [-0.2, 0) is 0 Å². The van der Waals surface area contributed by atoms with Gasteiger partial charge in [0.05, 0.1) is 26.1 Å². The minimum absolute atomic E-state index is 0.687. The predicted molar refractivity (Wildman–Crippen MR) is 81.9 cm³/mol. The molecule has 0 unspecified atom stereocenters. The van der Waals surface area contributed by atoms with E-state index < -0.39 is 0 Å². The van der Waals surface area contributed by atoms with Crippen molar-refractivity contribution >= 4 is 11.9 Å². The van der Waals surface area contributed by atoms with E-state index in [0.717, 1.165) is 16.8 Å². The summed E-state index contributed by atoms with van der Waals surface area (Å²) in [5.74, 6) is 1.39. The Hall–Kier alpha value is -2.49. The average Bonchev–Trinajstić information content (AvgIpc) is 2.49. The Morgan fingerprint density at radius 1 is 1.00 bits per heavy atom. The van der Waals surface area contributed by atoms with Crippen LogP contribution >= 0.6 is 0 Å². The van der Waals surface area contributed by atoms with E-state index in [2.05, 4.69) is 10.5 Å². The van der Waals surface area contributed by atoms with Crippen molar-refractivity contribution in [2.45, 2.75) is 6.92 Å². The SMILES string of the molecule is COc1ccc(/C=N\Nc2ccccc2C)cc1OC. The molecule has 0 saturated heterocycles. The van der Waals surface area contributed by atoms with Gasteiger partial charge in [0.1, 0.15) is 0 Å². The van der Waals surface area contributed by atoms with Gasteiger partial charge in [-0.05, 0) is 42.3 Å². The van der Waals surface area contributed by atoms with Crippen molar-refractivity contribution in [2.75, 3.05) is 19.6 Å². The molecular formula is C16H18N2O2. The van der Waals surface area contributed by atoms with E-state index >= 15 is 0 Å². The number of hydrazone groups is 1. The Morgan fingerprint density at radius 3 is 2.45 bits per heavy atom. The zero-order valence-corrected chi connectivity index (χ0v) is 11.9. The van der Waals surface area contributed by atoms with Gasteiger partial charge in [0.25, 0.3) is 0 Å². The molecule has 0 atom stereocenters. The summed E-state index contributed by atoms with van der Waals surface area (Å²) < 4.78 is 10.4. The van der Waals surface area contributed by atoms with Crippen LogP contribution in [0.1, 0.15) is 11.1 Å². The first-order chi connectivity index (χ1) is 9.74. The molecule has 0 heterocycles. The van der Waals surface area contributed by atoms with Gasteiger partial charge < -0.3 is 9.47 Å². The van der Waals surface area contributed by atoms with E-state index in [1.54, 1.807) is 20.4 Å². The number of nitrogens with zero attached hydrogens (tertiary/aromatic N) is 1. The lowest BCUT2D eigenvalue weighted by molar-refractivity contribution is 0.355. The van der Waals surface area contributed by atoms with Crippen LogP contribution in [0.2, 0.25) is 0 Å². The summed E-state index contributed by atoms with van der Waals surface area (Å²) in [6.45, 7) is 2.04. The molecule has 0 aliphatic heterocycles. The molecule has 0 aromatic heterocycles. The zero-order valence-electron chi connectivity index (χ0n) is 11.9. The van der Waals surface area contributed by atoms with Gasteiger partial charge in [-0.3, -0.25) is 5.43 Å². The fourth-order valence-electron chi connectivity index (χ4n) is 1.81. The first-order valence-corrected chi connectivity index (χ1v) is 6.31. The highest BCUT2D eigenvalue weighted by Crippen LogP contribution is 2.26. The summed E-state index contributed by atoms with van der Waals surface area (Å²) in [5.41, 5.74) is 6.10. The van der Waals surface area contributed by atoms with Gasteiger partial charge in [0, 0.05) is 0 Å². The summed E-state index contributed by atoms with van der Waals surface area (Å²) in [6.07, 6.45) is 1.74. The van der Waals surface area contributed by atoms with Crippen molar-refractivity contribution in [3.63, 3.8) is 0 Å². The van der Waals surface area contributed by atoms with Crippen LogP contribution in [0.25, 0.3) is 0 Å². The minimum atomic E-state index is 0.687. The Bertz CT molecular complexity index is 609. The van der Waals surface area contributed by atoms with E-state index in [1.165, 1.54) is 0 Å². The molecule has 20 heavy (non-hydrogen) atoms. The fraction of sp³-hybridized carbons (Fsp3) is 0.188. The van der Waals surface area contributed by atoms with Crippen molar-refractivity contribution < 1.29 is 9.47 Å². The number of para-hydroxylation sites is 1. The number of hydrogen-bond donors (Lipinski definition) is 1. The lowest BCUT2D eigenvalue weighted by Crippen LogP contribution is -1.94. The Labute approximate surface area is 119 Å². The smallest absolute Gasteiger partial charge is 0.161 e. The van der Waals surface area contributed by atoms with Gasteiger partial charge in [0.15, 0.2) is 11.5 Å². The molecule has 0 radical (unpaired) electrons. The van der Waals surface area contributed by atoms with E-state index in [-0.39, 0.29) is 0 Å². The van der Waals surface area contributed by atoms with Crippen LogP contribution in [0.3, 0.4) is 0 Å². The summed E-state index contributed by atoms with van der Waals surface area (Å²) in [4.78, 5) is 0. The van der Waals surface area contributed by atoms with Crippen molar-refractivity contribution in [1.29, 1.82) is 0 Å². The van der Waals surface area contributed by atoms with Gasteiger partial charge in [-0.15, -0.1) is 0 Å². The standard InChI is InChI=1S/C16H18N2O2/c1-12-6-4-5-7-14(12)18-17-11-13-8-9-15(19-2)16(10-13)20-3/h4-11,18H,1-3H3/b17-11-. The quantitative estimate of drug-likeness (QED) is 0.668. The first kappa shape index (κ1) is 13.9. The van der Waals surface area contributed by atoms with Crippen molar-refractivity contribution in [1.82, 2.24) is 0 Å². The summed E-state index contributed by atoms with van der Waals surface area (Å²) in [7, 11) is 3.23. The monoisotopic (exact) mass is 270 g/mol. The van der Waals surface area contributed by atoms with E-state index in [9.17, 15) is 0 Å². The molecule has 2 rings (SSSR count). The lowest BCUT2D eigenvalue weighted by atomic mass is 10.2. The Morgan fingerprint density at radius 2 is 1.75 bits per heavy atom. The number of benzene rings is 2. The molecule has 4 nitrogen and oxygen atoms in total. The first-order valence-electron chi connectivity index (χ1n) is 6.31. The number of rotatable bonds is 5. The minimum Gasteiger partial charge on any atom is -0.493 e. The van der Waals surface area contributed by atoms with Crippen molar-refractivity contribution in [3.8, 4) is 11.5 Å². The van der Waals surface area contributed by atoms with Crippen molar-refractivity contribution in [3.05, 3.63) is 53.6 Å². The third-order valence-electron chi connectivity index (χ3n) is 2.95. The second-order valence-electron chi connectivity index (χ2n) is 4.30. The molecule has 0 aliphatic carbocycles. The van der Waals surface area contributed by atoms with Gasteiger partial charge >= 0.3 is 0 Å². The van der Waals surface area contributed by atoms with E-state index in [1.807, 2.05) is 49.4 Å². The molecule has 0 bridgehead atoms. The van der Waals surface area contributed by atoms with Gasteiger partial charge in [-0.1, -0.05) is 18.2 Å². The molecule has 2 aromatic carbocycles. The van der Waals surface area contributed by atoms with Gasteiger partial charge in [-0.25, -0.2) is 0 Å². The number of methoxy groups -OCH3 is 2. The second kappa shape index (κ2) is 6.61. The maximum absolute atomic E-state index is 5.25. The summed E-state index contributed by atoms with van der Waals surface area (Å²) >= 11 is 0. The van der Waals surface area contributed by atoms with Gasteiger partial charge in [0.2, 0.25) is 0 Å². The summed E-state index contributed by atoms with van der Waals surface area (Å²) in [5, 5.41) is 4.23. The molecule has 1 N–H and O–H groups in total. The molecule has 2 aromatic rings. The number of aryl methyl sites for hydroxylation is 1. The predicted octanol–water partition coefficient (Wildman–Crippen LogP) is 3.46. The molecule has 0 saturated carbocycles. The average molecular weight is 270 g/mol. The largest absolute Gasteiger partial charge is 0.493 e. The van der Waals surface area contributed by atoms with Crippen LogP contribution in [0.5, 0.6) is 11.5 Å². The normalized spacial score (nSPS) is 10.6. The van der Waals surface area contributed by atoms with E-state index in [0.29, 0.717) is 11.5 Å². The Kier molecular flexibility index (Phi) is 4.60. The van der Waals surface area contributed by atoms with Crippen LogP contribution in [-0.4, -0.2) is 20.4 Å². The maximum atomic E-state index is 5.25. The number of anilines is 1.